The van der Waals surface area contributed by atoms with Crippen molar-refractivity contribution in [3.05, 3.63) is 36.2 Å². The summed E-state index contributed by atoms with van der Waals surface area (Å²) in [5, 5.41) is 7.58. The van der Waals surface area contributed by atoms with Crippen molar-refractivity contribution >= 4 is 5.69 Å². The molecular formula is C15H21N3O3. The van der Waals surface area contributed by atoms with Crippen LogP contribution in [0.25, 0.3) is 0 Å². The molecule has 0 saturated heterocycles. The number of hydrogen-bond donors (Lipinski definition) is 1. The molecule has 0 aliphatic heterocycles. The van der Waals surface area contributed by atoms with Crippen LogP contribution in [0.5, 0.6) is 11.5 Å². The van der Waals surface area contributed by atoms with Crippen molar-refractivity contribution in [3.63, 3.8) is 0 Å². The molecule has 21 heavy (non-hydrogen) atoms. The van der Waals surface area contributed by atoms with Gasteiger partial charge in [0.15, 0.2) is 0 Å². The fraction of sp³-hybridized carbons (Fsp3) is 0.400. The molecule has 114 valence electrons. The van der Waals surface area contributed by atoms with Crippen molar-refractivity contribution in [2.75, 3.05) is 33.3 Å². The summed E-state index contributed by atoms with van der Waals surface area (Å²) in [6.45, 7) is 2.04. The summed E-state index contributed by atoms with van der Waals surface area (Å²) in [5.41, 5.74) is 2.02. The molecule has 0 unspecified atom stereocenters. The molecule has 0 spiro atoms. The van der Waals surface area contributed by atoms with E-state index >= 15 is 0 Å². The standard InChI is InChI=1S/C15H21N3O3/c1-19-7-6-18-11-13(10-17-18)16-9-12-4-5-14(20-2)8-15(12)21-3/h4-5,8,10-11,16H,6-7,9H2,1-3H3. The minimum Gasteiger partial charge on any atom is -0.497 e. The van der Waals surface area contributed by atoms with Crippen LogP contribution < -0.4 is 14.8 Å². The van der Waals surface area contributed by atoms with E-state index in [2.05, 4.69) is 10.4 Å². The second-order valence-electron chi connectivity index (χ2n) is 4.52. The number of anilines is 1. The van der Waals surface area contributed by atoms with Crippen molar-refractivity contribution < 1.29 is 14.2 Å². The summed E-state index contributed by atoms with van der Waals surface area (Å²) in [5.74, 6) is 1.58. The predicted molar refractivity (Wildman–Crippen MR) is 81.0 cm³/mol. The first-order valence-electron chi connectivity index (χ1n) is 6.73. The van der Waals surface area contributed by atoms with Gasteiger partial charge in [0.25, 0.3) is 0 Å². The molecule has 1 heterocycles. The molecule has 0 aliphatic rings. The Bertz CT molecular complexity index is 569. The number of nitrogens with one attached hydrogen (secondary N) is 1. The molecule has 1 aromatic heterocycles. The molecule has 2 rings (SSSR count). The monoisotopic (exact) mass is 291 g/mol. The van der Waals surface area contributed by atoms with Crippen LogP contribution in [0.2, 0.25) is 0 Å². The van der Waals surface area contributed by atoms with Gasteiger partial charge in [-0.1, -0.05) is 0 Å². The molecule has 0 atom stereocenters. The summed E-state index contributed by atoms with van der Waals surface area (Å²) in [7, 11) is 4.97. The number of nitrogens with zero attached hydrogens (tertiary/aromatic N) is 2. The minimum atomic E-state index is 0.646. The van der Waals surface area contributed by atoms with Crippen LogP contribution >= 0.6 is 0 Å². The zero-order valence-electron chi connectivity index (χ0n) is 12.6. The number of rotatable bonds is 8. The van der Waals surface area contributed by atoms with Gasteiger partial charge in [0.1, 0.15) is 11.5 Å². The van der Waals surface area contributed by atoms with Gasteiger partial charge in [0.05, 0.1) is 39.3 Å². The third-order valence-corrected chi connectivity index (χ3v) is 3.13. The van der Waals surface area contributed by atoms with Crippen molar-refractivity contribution in [1.29, 1.82) is 0 Å². The van der Waals surface area contributed by atoms with Gasteiger partial charge in [0, 0.05) is 31.5 Å². The van der Waals surface area contributed by atoms with Crippen LogP contribution in [0.1, 0.15) is 5.56 Å². The van der Waals surface area contributed by atoms with Gasteiger partial charge in [-0.15, -0.1) is 0 Å². The van der Waals surface area contributed by atoms with E-state index in [4.69, 9.17) is 14.2 Å². The molecule has 0 bridgehead atoms. The van der Waals surface area contributed by atoms with Crippen LogP contribution in [-0.2, 0) is 17.8 Å². The summed E-state index contributed by atoms with van der Waals surface area (Å²) in [6.07, 6.45) is 3.75. The first-order valence-corrected chi connectivity index (χ1v) is 6.73. The van der Waals surface area contributed by atoms with E-state index in [9.17, 15) is 0 Å². The number of benzene rings is 1. The zero-order chi connectivity index (χ0) is 15.1. The van der Waals surface area contributed by atoms with Crippen LogP contribution in [0, 0.1) is 0 Å². The van der Waals surface area contributed by atoms with E-state index in [1.165, 1.54) is 0 Å². The van der Waals surface area contributed by atoms with Crippen LogP contribution in [0.15, 0.2) is 30.6 Å². The summed E-state index contributed by atoms with van der Waals surface area (Å²) >= 11 is 0. The molecule has 6 heteroatoms. The van der Waals surface area contributed by atoms with Crippen molar-refractivity contribution in [3.8, 4) is 11.5 Å². The highest BCUT2D eigenvalue weighted by Crippen LogP contribution is 2.25. The average molecular weight is 291 g/mol. The van der Waals surface area contributed by atoms with E-state index in [-0.39, 0.29) is 0 Å². The fourth-order valence-corrected chi connectivity index (χ4v) is 1.96. The molecule has 2 aromatic rings. The van der Waals surface area contributed by atoms with Gasteiger partial charge in [-0.3, -0.25) is 4.68 Å². The second-order valence-corrected chi connectivity index (χ2v) is 4.52. The molecule has 0 aliphatic carbocycles. The maximum atomic E-state index is 5.38. The summed E-state index contributed by atoms with van der Waals surface area (Å²) in [6, 6.07) is 5.78. The Balaban J connectivity index is 1.97. The van der Waals surface area contributed by atoms with Gasteiger partial charge in [-0.25, -0.2) is 0 Å². The number of aromatic nitrogens is 2. The maximum Gasteiger partial charge on any atom is 0.127 e. The second kappa shape index (κ2) is 7.54. The quantitative estimate of drug-likeness (QED) is 0.807. The third kappa shape index (κ3) is 4.13. The molecule has 0 saturated carbocycles. The Morgan fingerprint density at radius 3 is 2.76 bits per heavy atom. The highest BCUT2D eigenvalue weighted by atomic mass is 16.5. The topological polar surface area (TPSA) is 57.5 Å². The van der Waals surface area contributed by atoms with Crippen molar-refractivity contribution in [2.45, 2.75) is 13.1 Å². The van der Waals surface area contributed by atoms with Crippen LogP contribution in [0.3, 0.4) is 0 Å². The Morgan fingerprint density at radius 1 is 1.19 bits per heavy atom. The highest BCUT2D eigenvalue weighted by Gasteiger charge is 2.05. The third-order valence-electron chi connectivity index (χ3n) is 3.13. The van der Waals surface area contributed by atoms with Gasteiger partial charge >= 0.3 is 0 Å². The molecule has 1 aromatic carbocycles. The van der Waals surface area contributed by atoms with Crippen molar-refractivity contribution in [1.82, 2.24) is 9.78 Å². The number of hydrogen-bond acceptors (Lipinski definition) is 5. The molecule has 0 radical (unpaired) electrons. The van der Waals surface area contributed by atoms with Gasteiger partial charge in [-0.2, -0.15) is 5.10 Å². The van der Waals surface area contributed by atoms with E-state index in [0.717, 1.165) is 29.3 Å². The molecule has 0 fully saturated rings. The lowest BCUT2D eigenvalue weighted by Gasteiger charge is -2.11. The predicted octanol–water partition coefficient (Wildman–Crippen LogP) is 2.16. The first kappa shape index (κ1) is 15.2. The lowest BCUT2D eigenvalue weighted by Crippen LogP contribution is -2.04. The largest absolute Gasteiger partial charge is 0.497 e. The Labute approximate surface area is 124 Å². The molecule has 0 amide bonds. The molecular weight excluding hydrogens is 270 g/mol. The van der Waals surface area contributed by atoms with Crippen LogP contribution in [-0.4, -0.2) is 37.7 Å². The highest BCUT2D eigenvalue weighted by molar-refractivity contribution is 5.45. The van der Waals surface area contributed by atoms with E-state index < -0.39 is 0 Å². The van der Waals surface area contributed by atoms with Gasteiger partial charge < -0.3 is 19.5 Å². The SMILES string of the molecule is COCCn1cc(NCc2ccc(OC)cc2OC)cn1. The Hall–Kier alpha value is -2.21. The summed E-state index contributed by atoms with van der Waals surface area (Å²) in [4.78, 5) is 0. The van der Waals surface area contributed by atoms with E-state index in [0.29, 0.717) is 13.2 Å². The Morgan fingerprint density at radius 2 is 2.05 bits per heavy atom. The maximum absolute atomic E-state index is 5.38. The minimum absolute atomic E-state index is 0.646. The number of methoxy groups -OCH3 is 3. The smallest absolute Gasteiger partial charge is 0.127 e. The molecule has 6 nitrogen and oxygen atoms in total. The molecule has 1 N–H and O–H groups in total. The summed E-state index contributed by atoms with van der Waals surface area (Å²) < 4.78 is 17.4. The van der Waals surface area contributed by atoms with Crippen molar-refractivity contribution in [2.24, 2.45) is 0 Å². The van der Waals surface area contributed by atoms with E-state index in [1.807, 2.05) is 29.1 Å². The first-order chi connectivity index (χ1) is 10.3. The van der Waals surface area contributed by atoms with E-state index in [1.54, 1.807) is 27.5 Å². The zero-order valence-corrected chi connectivity index (χ0v) is 12.6. The fourth-order valence-electron chi connectivity index (χ4n) is 1.96. The van der Waals surface area contributed by atoms with Gasteiger partial charge in [0.2, 0.25) is 0 Å². The lowest BCUT2D eigenvalue weighted by molar-refractivity contribution is 0.183. The lowest BCUT2D eigenvalue weighted by atomic mass is 10.2. The number of ether oxygens (including phenoxy) is 3. The van der Waals surface area contributed by atoms with Gasteiger partial charge in [-0.05, 0) is 12.1 Å². The average Bonchev–Trinajstić information content (AvgIpc) is 2.98. The normalized spacial score (nSPS) is 10.4. The Kier molecular flexibility index (Phi) is 5.45. The van der Waals surface area contributed by atoms with Crippen LogP contribution in [0.4, 0.5) is 5.69 Å².